The molecule has 9 nitrogen and oxygen atoms in total. The maximum atomic E-state index is 12.9. The minimum absolute atomic E-state index is 0.173. The molecule has 3 N–H and O–H groups in total. The molecule has 0 aromatic carbocycles. The highest BCUT2D eigenvalue weighted by atomic mass is 16.5. The first kappa shape index (κ1) is 24.3. The molecule has 0 unspecified atom stereocenters. The molecule has 0 radical (unpaired) electrons. The van der Waals surface area contributed by atoms with E-state index in [1.165, 1.54) is 24.1 Å². The van der Waals surface area contributed by atoms with Crippen LogP contribution in [-0.4, -0.2) is 72.5 Å². The number of aromatic nitrogens is 1. The van der Waals surface area contributed by atoms with Crippen molar-refractivity contribution >= 4 is 18.0 Å². The van der Waals surface area contributed by atoms with Crippen molar-refractivity contribution in [3.63, 3.8) is 0 Å². The van der Waals surface area contributed by atoms with Gasteiger partial charge in [0.1, 0.15) is 12.6 Å². The highest BCUT2D eigenvalue weighted by molar-refractivity contribution is 5.90. The van der Waals surface area contributed by atoms with Gasteiger partial charge < -0.3 is 14.8 Å². The Balaban J connectivity index is 1.52. The number of hydroxylamine groups is 1. The van der Waals surface area contributed by atoms with E-state index in [0.717, 1.165) is 64.1 Å². The van der Waals surface area contributed by atoms with Gasteiger partial charge in [0.05, 0.1) is 18.9 Å². The van der Waals surface area contributed by atoms with Crippen molar-refractivity contribution in [1.82, 2.24) is 20.7 Å². The van der Waals surface area contributed by atoms with Gasteiger partial charge in [0, 0.05) is 38.5 Å². The second kappa shape index (κ2) is 13.3. The van der Waals surface area contributed by atoms with Gasteiger partial charge in [-0.25, -0.2) is 5.48 Å². The molecule has 176 valence electrons. The zero-order chi connectivity index (χ0) is 22.6. The molecule has 1 aliphatic carbocycles. The molecule has 0 bridgehead atoms. The topological polar surface area (TPSA) is 113 Å². The third-order valence-corrected chi connectivity index (χ3v) is 6.02. The molecule has 1 aromatic heterocycles. The van der Waals surface area contributed by atoms with E-state index in [0.29, 0.717) is 18.8 Å². The van der Waals surface area contributed by atoms with E-state index < -0.39 is 5.91 Å². The quantitative estimate of drug-likeness (QED) is 0.215. The molecule has 1 saturated heterocycles. The van der Waals surface area contributed by atoms with Gasteiger partial charge in [-0.05, 0) is 36.5 Å². The Labute approximate surface area is 189 Å². The number of ether oxygens (including phenoxy) is 2. The lowest BCUT2D eigenvalue weighted by Crippen LogP contribution is -2.45. The van der Waals surface area contributed by atoms with Crippen LogP contribution >= 0.6 is 0 Å². The van der Waals surface area contributed by atoms with Crippen LogP contribution in [0.3, 0.4) is 0 Å². The van der Waals surface area contributed by atoms with E-state index in [1.807, 2.05) is 6.07 Å². The minimum atomic E-state index is -0.611. The number of carbonyl (C=O) groups is 2. The van der Waals surface area contributed by atoms with Gasteiger partial charge in [-0.3, -0.25) is 24.7 Å². The molecule has 0 spiro atoms. The van der Waals surface area contributed by atoms with E-state index in [4.69, 9.17) is 14.7 Å². The van der Waals surface area contributed by atoms with Crippen LogP contribution in [-0.2, 0) is 25.6 Å². The smallest absolute Gasteiger partial charge is 0.323 e. The summed E-state index contributed by atoms with van der Waals surface area (Å²) in [5.74, 6) is -0.500. The highest BCUT2D eigenvalue weighted by Gasteiger charge is 2.30. The van der Waals surface area contributed by atoms with Crippen molar-refractivity contribution in [2.75, 3.05) is 39.5 Å². The van der Waals surface area contributed by atoms with Crippen LogP contribution < -0.4 is 10.8 Å². The van der Waals surface area contributed by atoms with Crippen LogP contribution in [0.4, 0.5) is 0 Å². The van der Waals surface area contributed by atoms with Crippen molar-refractivity contribution in [3.8, 4) is 0 Å². The van der Waals surface area contributed by atoms with Crippen molar-refractivity contribution in [2.45, 2.75) is 44.7 Å². The summed E-state index contributed by atoms with van der Waals surface area (Å²) in [5.41, 5.74) is 3.08. The molecule has 32 heavy (non-hydrogen) atoms. The lowest BCUT2D eigenvalue weighted by atomic mass is 9.84. The predicted octanol–water partition coefficient (Wildman–Crippen LogP) is 1.51. The Morgan fingerprint density at radius 3 is 2.72 bits per heavy atom. The molecule has 1 amide bonds. The van der Waals surface area contributed by atoms with Crippen LogP contribution in [0.1, 0.15) is 43.4 Å². The molecule has 3 rings (SSSR count). The lowest BCUT2D eigenvalue weighted by Gasteiger charge is -2.30. The summed E-state index contributed by atoms with van der Waals surface area (Å²) in [6, 6.07) is 3.36. The van der Waals surface area contributed by atoms with Crippen LogP contribution in [0, 0.1) is 5.92 Å². The summed E-state index contributed by atoms with van der Waals surface area (Å²) in [4.78, 5) is 30.6. The first-order valence-electron chi connectivity index (χ1n) is 11.4. The second-order valence-electron chi connectivity index (χ2n) is 8.28. The Kier molecular flexibility index (Phi) is 10.1. The third kappa shape index (κ3) is 7.98. The Morgan fingerprint density at radius 2 is 2.03 bits per heavy atom. The zero-order valence-corrected chi connectivity index (χ0v) is 18.5. The number of rotatable bonds is 10. The lowest BCUT2D eigenvalue weighted by molar-refractivity contribution is -0.149. The van der Waals surface area contributed by atoms with Crippen molar-refractivity contribution in [1.29, 1.82) is 0 Å². The van der Waals surface area contributed by atoms with E-state index in [2.05, 4.69) is 15.2 Å². The minimum Gasteiger partial charge on any atom is -0.463 e. The summed E-state index contributed by atoms with van der Waals surface area (Å²) in [7, 11) is 0. The molecule has 2 fully saturated rings. The van der Waals surface area contributed by atoms with Crippen molar-refractivity contribution in [3.05, 3.63) is 35.7 Å². The van der Waals surface area contributed by atoms with Gasteiger partial charge in [0.2, 0.25) is 0 Å². The fourth-order valence-corrected chi connectivity index (χ4v) is 4.17. The molecular weight excluding hydrogens is 412 g/mol. The van der Waals surface area contributed by atoms with Gasteiger partial charge >= 0.3 is 5.97 Å². The predicted molar refractivity (Wildman–Crippen MR) is 119 cm³/mol. The molecule has 2 heterocycles. The van der Waals surface area contributed by atoms with Crippen LogP contribution in [0.25, 0.3) is 6.08 Å². The van der Waals surface area contributed by atoms with E-state index in [-0.39, 0.29) is 17.9 Å². The Morgan fingerprint density at radius 1 is 1.25 bits per heavy atom. The maximum absolute atomic E-state index is 12.9. The fourth-order valence-electron chi connectivity index (χ4n) is 4.17. The van der Waals surface area contributed by atoms with Gasteiger partial charge in [-0.1, -0.05) is 25.3 Å². The molecule has 1 saturated carbocycles. The summed E-state index contributed by atoms with van der Waals surface area (Å²) in [5, 5.41) is 11.9. The van der Waals surface area contributed by atoms with Gasteiger partial charge in [0.15, 0.2) is 0 Å². The second-order valence-corrected chi connectivity index (χ2v) is 8.28. The first-order valence-corrected chi connectivity index (χ1v) is 11.4. The number of pyridine rings is 1. The number of nitrogens with one attached hydrogen (secondary N) is 2. The number of carbonyl (C=O) groups excluding carboxylic acids is 2. The number of esters is 1. The molecule has 1 aliphatic heterocycles. The van der Waals surface area contributed by atoms with Gasteiger partial charge in [-0.15, -0.1) is 0 Å². The largest absolute Gasteiger partial charge is 0.463 e. The van der Waals surface area contributed by atoms with E-state index >= 15 is 0 Å². The summed E-state index contributed by atoms with van der Waals surface area (Å²) in [6.07, 6.45) is 10.0. The number of amides is 1. The van der Waals surface area contributed by atoms with Crippen LogP contribution in [0.2, 0.25) is 0 Å². The van der Waals surface area contributed by atoms with Gasteiger partial charge in [-0.2, -0.15) is 0 Å². The SMILES string of the molecule is O=C(C=Cc1ccc(CN[C@H](C(=O)OCCN2CCOCC2)C2CCCCC2)cn1)NO. The van der Waals surface area contributed by atoms with Crippen molar-refractivity contribution < 1.29 is 24.3 Å². The normalized spacial score (nSPS) is 19.0. The highest BCUT2D eigenvalue weighted by Crippen LogP contribution is 2.27. The van der Waals surface area contributed by atoms with Crippen LogP contribution in [0.5, 0.6) is 0 Å². The third-order valence-electron chi connectivity index (χ3n) is 6.02. The Hall–Kier alpha value is -2.33. The van der Waals surface area contributed by atoms with Gasteiger partial charge in [0.25, 0.3) is 5.91 Å². The standard InChI is InChI=1S/C23H34N4O5/c28-21(26-30)9-8-20-7-6-18(16-24-20)17-25-22(19-4-2-1-3-5-19)23(29)32-15-12-27-10-13-31-14-11-27/h6-9,16,19,22,25,30H,1-5,10-15,17H2,(H,26,28)/t22-/m0/s1. The summed E-state index contributed by atoms with van der Waals surface area (Å²) >= 11 is 0. The summed E-state index contributed by atoms with van der Waals surface area (Å²) < 4.78 is 11.0. The number of morpholine rings is 1. The monoisotopic (exact) mass is 446 g/mol. The molecule has 2 aliphatic rings. The average Bonchev–Trinajstić information content (AvgIpc) is 2.84. The zero-order valence-electron chi connectivity index (χ0n) is 18.5. The molecule has 1 atom stereocenters. The first-order chi connectivity index (χ1) is 15.7. The summed E-state index contributed by atoms with van der Waals surface area (Å²) in [6.45, 7) is 4.87. The molecule has 9 heteroatoms. The number of hydrogen-bond acceptors (Lipinski definition) is 8. The average molecular weight is 447 g/mol. The van der Waals surface area contributed by atoms with E-state index in [1.54, 1.807) is 12.3 Å². The van der Waals surface area contributed by atoms with E-state index in [9.17, 15) is 9.59 Å². The maximum Gasteiger partial charge on any atom is 0.323 e. The number of hydrogen-bond donors (Lipinski definition) is 3. The molecule has 1 aromatic rings. The van der Waals surface area contributed by atoms with Crippen molar-refractivity contribution in [2.24, 2.45) is 5.92 Å². The Bertz CT molecular complexity index is 743. The fraction of sp³-hybridized carbons (Fsp3) is 0.609. The molecular formula is C23H34N4O5. The van der Waals surface area contributed by atoms with Crippen LogP contribution in [0.15, 0.2) is 24.4 Å². The number of nitrogens with zero attached hydrogens (tertiary/aromatic N) is 2.